The van der Waals surface area contributed by atoms with Crippen molar-refractivity contribution in [2.24, 2.45) is 0 Å². The standard InChI is InChI=1S/C11H9ClN4O/c12-7-1-2-10(15-5-7)16-11(17)8-3-4-14-6-9(8)13/h1-6H,13H2,(H,15,16,17). The minimum absolute atomic E-state index is 0.318. The molecule has 0 bridgehead atoms. The summed E-state index contributed by atoms with van der Waals surface area (Å²) in [5, 5.41) is 3.12. The molecule has 3 N–H and O–H groups in total. The van der Waals surface area contributed by atoms with Crippen LogP contribution in [0.4, 0.5) is 11.5 Å². The molecule has 2 rings (SSSR count). The summed E-state index contributed by atoms with van der Waals surface area (Å²) in [5.41, 5.74) is 6.31. The van der Waals surface area contributed by atoms with E-state index in [9.17, 15) is 4.79 Å². The van der Waals surface area contributed by atoms with Gasteiger partial charge in [-0.25, -0.2) is 4.98 Å². The fourth-order valence-corrected chi connectivity index (χ4v) is 1.36. The van der Waals surface area contributed by atoms with Crippen LogP contribution in [0.15, 0.2) is 36.8 Å². The maximum absolute atomic E-state index is 11.8. The summed E-state index contributed by atoms with van der Waals surface area (Å²) < 4.78 is 0. The SMILES string of the molecule is Nc1cnccc1C(=O)Nc1ccc(Cl)cn1. The van der Waals surface area contributed by atoms with Crippen molar-refractivity contribution >= 4 is 29.0 Å². The summed E-state index contributed by atoms with van der Waals surface area (Å²) >= 11 is 5.69. The Morgan fingerprint density at radius 3 is 2.76 bits per heavy atom. The van der Waals surface area contributed by atoms with E-state index in [0.717, 1.165) is 0 Å². The summed E-state index contributed by atoms with van der Waals surface area (Å²) in [4.78, 5) is 19.6. The van der Waals surface area contributed by atoms with Crippen LogP contribution in [-0.2, 0) is 0 Å². The van der Waals surface area contributed by atoms with Gasteiger partial charge < -0.3 is 11.1 Å². The Bertz CT molecular complexity index is 541. The highest BCUT2D eigenvalue weighted by Crippen LogP contribution is 2.13. The third kappa shape index (κ3) is 2.70. The van der Waals surface area contributed by atoms with Gasteiger partial charge in [-0.2, -0.15) is 0 Å². The zero-order valence-electron chi connectivity index (χ0n) is 8.72. The number of nitrogens with one attached hydrogen (secondary N) is 1. The third-order valence-corrected chi connectivity index (χ3v) is 2.29. The van der Waals surface area contributed by atoms with Gasteiger partial charge in [-0.1, -0.05) is 11.6 Å². The average Bonchev–Trinajstić information content (AvgIpc) is 2.32. The first-order valence-corrected chi connectivity index (χ1v) is 5.17. The van der Waals surface area contributed by atoms with Gasteiger partial charge in [-0.05, 0) is 18.2 Å². The van der Waals surface area contributed by atoms with Crippen LogP contribution in [0.2, 0.25) is 5.02 Å². The highest BCUT2D eigenvalue weighted by molar-refractivity contribution is 6.30. The van der Waals surface area contributed by atoms with E-state index in [2.05, 4.69) is 15.3 Å². The number of pyridine rings is 2. The van der Waals surface area contributed by atoms with Gasteiger partial charge in [0.2, 0.25) is 0 Å². The number of hydrogen-bond donors (Lipinski definition) is 2. The van der Waals surface area contributed by atoms with Crippen molar-refractivity contribution in [2.45, 2.75) is 0 Å². The summed E-state index contributed by atoms with van der Waals surface area (Å²) in [7, 11) is 0. The number of rotatable bonds is 2. The number of nitrogens with two attached hydrogens (primary N) is 1. The molecule has 1 amide bonds. The topological polar surface area (TPSA) is 80.9 Å². The Labute approximate surface area is 103 Å². The minimum atomic E-state index is -0.334. The van der Waals surface area contributed by atoms with E-state index >= 15 is 0 Å². The molecule has 5 nitrogen and oxygen atoms in total. The Balaban J connectivity index is 2.17. The van der Waals surface area contributed by atoms with Crippen LogP contribution in [0, 0.1) is 0 Å². The molecule has 0 saturated carbocycles. The number of nitrogens with zero attached hydrogens (tertiary/aromatic N) is 2. The molecule has 0 aliphatic heterocycles. The molecule has 6 heteroatoms. The lowest BCUT2D eigenvalue weighted by molar-refractivity contribution is 0.102. The summed E-state index contributed by atoms with van der Waals surface area (Å²) in [6.07, 6.45) is 4.37. The van der Waals surface area contributed by atoms with Crippen LogP contribution < -0.4 is 11.1 Å². The first-order chi connectivity index (χ1) is 8.16. The van der Waals surface area contributed by atoms with E-state index in [1.165, 1.54) is 18.6 Å². The largest absolute Gasteiger partial charge is 0.397 e. The van der Waals surface area contributed by atoms with Gasteiger partial charge in [0.15, 0.2) is 0 Å². The highest BCUT2D eigenvalue weighted by atomic mass is 35.5. The van der Waals surface area contributed by atoms with Crippen LogP contribution in [0.25, 0.3) is 0 Å². The van der Waals surface area contributed by atoms with E-state index in [0.29, 0.717) is 22.1 Å². The lowest BCUT2D eigenvalue weighted by Gasteiger charge is -2.05. The number of amides is 1. The smallest absolute Gasteiger partial charge is 0.259 e. The van der Waals surface area contributed by atoms with Gasteiger partial charge >= 0.3 is 0 Å². The van der Waals surface area contributed by atoms with Gasteiger partial charge in [-0.3, -0.25) is 9.78 Å². The molecule has 0 radical (unpaired) electrons. The molecule has 0 atom stereocenters. The average molecular weight is 249 g/mol. The fourth-order valence-electron chi connectivity index (χ4n) is 1.25. The summed E-state index contributed by atoms with van der Waals surface area (Å²) in [5.74, 6) is 0.0790. The fraction of sp³-hybridized carbons (Fsp3) is 0. The molecule has 2 heterocycles. The molecular weight excluding hydrogens is 240 g/mol. The lowest BCUT2D eigenvalue weighted by Crippen LogP contribution is -2.14. The number of carbonyl (C=O) groups excluding carboxylic acids is 1. The first-order valence-electron chi connectivity index (χ1n) is 4.79. The lowest BCUT2D eigenvalue weighted by atomic mass is 10.2. The van der Waals surface area contributed by atoms with E-state index in [4.69, 9.17) is 17.3 Å². The molecule has 0 spiro atoms. The summed E-state index contributed by atoms with van der Waals surface area (Å²) in [6.45, 7) is 0. The number of halogens is 1. The molecule has 86 valence electrons. The van der Waals surface area contributed by atoms with Crippen LogP contribution in [0.1, 0.15) is 10.4 Å². The Morgan fingerprint density at radius 1 is 1.29 bits per heavy atom. The predicted octanol–water partition coefficient (Wildman–Crippen LogP) is 1.96. The van der Waals surface area contributed by atoms with Gasteiger partial charge in [0.1, 0.15) is 5.82 Å². The summed E-state index contributed by atoms with van der Waals surface area (Å²) in [6, 6.07) is 4.79. The molecule has 0 saturated heterocycles. The molecular formula is C11H9ClN4O. The molecule has 17 heavy (non-hydrogen) atoms. The quantitative estimate of drug-likeness (QED) is 0.851. The number of nitrogen functional groups attached to an aromatic ring is 1. The molecule has 0 aliphatic carbocycles. The predicted molar refractivity (Wildman–Crippen MR) is 65.8 cm³/mol. The molecule has 2 aromatic heterocycles. The van der Waals surface area contributed by atoms with Crippen molar-refractivity contribution in [3.8, 4) is 0 Å². The van der Waals surface area contributed by atoms with Crippen molar-refractivity contribution in [1.82, 2.24) is 9.97 Å². The van der Waals surface area contributed by atoms with Crippen LogP contribution in [0.3, 0.4) is 0 Å². The second-order valence-electron chi connectivity index (χ2n) is 3.28. The number of aromatic nitrogens is 2. The maximum atomic E-state index is 11.8. The number of anilines is 2. The van der Waals surface area contributed by atoms with E-state index in [-0.39, 0.29) is 5.91 Å². The maximum Gasteiger partial charge on any atom is 0.259 e. The van der Waals surface area contributed by atoms with E-state index in [1.54, 1.807) is 18.2 Å². The minimum Gasteiger partial charge on any atom is -0.397 e. The Kier molecular flexibility index (Phi) is 3.20. The van der Waals surface area contributed by atoms with E-state index < -0.39 is 0 Å². The van der Waals surface area contributed by atoms with Crippen LogP contribution in [0.5, 0.6) is 0 Å². The van der Waals surface area contributed by atoms with Crippen molar-refractivity contribution in [3.05, 3.63) is 47.4 Å². The molecule has 0 unspecified atom stereocenters. The third-order valence-electron chi connectivity index (χ3n) is 2.07. The van der Waals surface area contributed by atoms with Crippen LogP contribution in [-0.4, -0.2) is 15.9 Å². The van der Waals surface area contributed by atoms with Crippen molar-refractivity contribution in [1.29, 1.82) is 0 Å². The zero-order valence-corrected chi connectivity index (χ0v) is 9.48. The number of carbonyl (C=O) groups is 1. The molecule has 0 fully saturated rings. The van der Waals surface area contributed by atoms with Crippen molar-refractivity contribution < 1.29 is 4.79 Å². The van der Waals surface area contributed by atoms with Crippen LogP contribution >= 0.6 is 11.6 Å². The molecule has 0 aromatic carbocycles. The van der Waals surface area contributed by atoms with E-state index in [1.807, 2.05) is 0 Å². The zero-order chi connectivity index (χ0) is 12.3. The van der Waals surface area contributed by atoms with Crippen molar-refractivity contribution in [2.75, 3.05) is 11.1 Å². The second-order valence-corrected chi connectivity index (χ2v) is 3.72. The molecule has 0 aliphatic rings. The highest BCUT2D eigenvalue weighted by Gasteiger charge is 2.09. The number of hydrogen-bond acceptors (Lipinski definition) is 4. The normalized spacial score (nSPS) is 9.94. The monoisotopic (exact) mass is 248 g/mol. The van der Waals surface area contributed by atoms with Crippen molar-refractivity contribution in [3.63, 3.8) is 0 Å². The van der Waals surface area contributed by atoms with Gasteiger partial charge in [-0.15, -0.1) is 0 Å². The first kappa shape index (κ1) is 11.3. The van der Waals surface area contributed by atoms with Gasteiger partial charge in [0.25, 0.3) is 5.91 Å². The van der Waals surface area contributed by atoms with Gasteiger partial charge in [0, 0.05) is 12.4 Å². The molecule has 2 aromatic rings. The van der Waals surface area contributed by atoms with Gasteiger partial charge in [0.05, 0.1) is 22.5 Å². The second kappa shape index (κ2) is 4.80. The Morgan fingerprint density at radius 2 is 2.12 bits per heavy atom. The Hall–Kier alpha value is -2.14.